The molecule has 3 aliphatic heterocycles. The number of carbonyl (C=O) groups is 3. The van der Waals surface area contributed by atoms with Crippen LogP contribution in [-0.4, -0.2) is 176 Å². The maximum absolute atomic E-state index is 14.0. The maximum atomic E-state index is 14.0. The molecule has 13 aromatic rings. The first kappa shape index (κ1) is 94.0. The molecule has 0 radical (unpaired) electrons. The van der Waals surface area contributed by atoms with E-state index in [2.05, 4.69) is 65.4 Å². The van der Waals surface area contributed by atoms with Gasteiger partial charge in [0.25, 0.3) is 16.5 Å². The summed E-state index contributed by atoms with van der Waals surface area (Å²) in [6.07, 6.45) is 25.1. The van der Waals surface area contributed by atoms with E-state index in [1.807, 2.05) is 99.7 Å². The van der Waals surface area contributed by atoms with Crippen LogP contribution in [0.5, 0.6) is 17.2 Å². The Morgan fingerprint density at radius 2 is 0.856 bits per heavy atom. The summed E-state index contributed by atoms with van der Waals surface area (Å²) in [6, 6.07) is 16.8. The van der Waals surface area contributed by atoms with Crippen LogP contribution in [0.1, 0.15) is 105 Å². The van der Waals surface area contributed by atoms with E-state index >= 15 is 0 Å². The Hall–Kier alpha value is -6.22. The fourth-order valence-corrected chi connectivity index (χ4v) is 16.6. The van der Waals surface area contributed by atoms with E-state index in [9.17, 15) is 33.3 Å². The van der Waals surface area contributed by atoms with Crippen LogP contribution in [0, 0.1) is 6.92 Å². The molecule has 12 heterocycles. The number of piperidine rings is 3. The number of hydrogen-bond acceptors (Lipinski definition) is 22. The van der Waals surface area contributed by atoms with Gasteiger partial charge in [-0.1, -0.05) is 87.3 Å². The Morgan fingerprint density at radius 1 is 0.517 bits per heavy atom. The average Bonchev–Trinajstić information content (AvgIpc) is 1.58. The van der Waals surface area contributed by atoms with Crippen molar-refractivity contribution in [2.75, 3.05) is 39.3 Å². The molecule has 3 saturated heterocycles. The summed E-state index contributed by atoms with van der Waals surface area (Å²) in [5.74, 6) is -0.562. The van der Waals surface area contributed by atoms with Crippen molar-refractivity contribution >= 4 is 144 Å². The van der Waals surface area contributed by atoms with Gasteiger partial charge in [0.1, 0.15) is 41.5 Å². The Bertz CT molecular complexity index is 5830. The average molecular weight is 2010 g/mol. The number of nitrogens with zero attached hydrogens (tertiary/aromatic N) is 15. The summed E-state index contributed by atoms with van der Waals surface area (Å²) in [6.45, 7) is 17.1. The molecule has 30 nitrogen and oxygen atoms in total. The molecule has 0 bridgehead atoms. The second kappa shape index (κ2) is 40.4. The number of aromatic amines is 2. The van der Waals surface area contributed by atoms with E-state index in [1.165, 1.54) is 37.3 Å². The molecule has 0 aliphatic carbocycles. The number of likely N-dealkylation sites (tertiary alicyclic amines) is 2. The summed E-state index contributed by atoms with van der Waals surface area (Å²) in [7, 11) is -4.08. The number of hydrogen-bond donors (Lipinski definition) is 6. The van der Waals surface area contributed by atoms with Crippen LogP contribution < -0.4 is 148 Å². The number of ether oxygens (including phenoxy) is 2. The Kier molecular flexibility index (Phi) is 32.2. The van der Waals surface area contributed by atoms with E-state index in [0.29, 0.717) is 89.8 Å². The molecule has 0 spiro atoms. The van der Waals surface area contributed by atoms with Crippen LogP contribution in [0.15, 0.2) is 140 Å². The monoisotopic (exact) mass is 2000 g/mol. The SMILES string of the molecule is CC(C)(C)OC(=O)N1CCC(n2cc(-c3ncnc4[nH]cc(-c5cc(Cl)c(O)c(Cl)c5)c34)cn2)CC1.Cc1ccc(S(=O)(=O)n2cc(-c3cc(Cl)c(O)c(Cl)c3)c3c(-c4cnn(C5CCN(C(=O)OC(C)(C)C)CC5)c4)ncnc32)cc1.Cl.O=CO[O-].Oc1c(Cl)cc(-c2c[nH]c3ncnc(-c4cnn(C5CCNCC5)c4)c23)cc1Cl.[Cs+].[Cs+].[H-]. The van der Waals surface area contributed by atoms with Crippen molar-refractivity contribution in [3.05, 3.63) is 171 Å². The fraction of sp³-hybridized carbons (Fsp3) is 0.308. The number of H-pyrrole nitrogens is 2. The number of amides is 2. The minimum atomic E-state index is -4.08. The normalized spacial score (nSPS) is 14.2. The first-order chi connectivity index (χ1) is 54.9. The van der Waals surface area contributed by atoms with Crippen molar-refractivity contribution in [3.63, 3.8) is 0 Å². The minimum absolute atomic E-state index is 0. The number of aromatic hydroxyl groups is 3. The fourth-order valence-electron chi connectivity index (χ4n) is 13.8. The molecule has 6 N–H and O–H groups in total. The number of fused-ring (bicyclic) bond motifs is 3. The van der Waals surface area contributed by atoms with Crippen LogP contribution in [0.2, 0.25) is 30.1 Å². The quantitative estimate of drug-likeness (QED) is 0.0376. The molecule has 3 fully saturated rings. The van der Waals surface area contributed by atoms with Gasteiger partial charge >= 0.3 is 150 Å². The number of phenols is 3. The molecule has 9 aromatic heterocycles. The molecule has 118 heavy (non-hydrogen) atoms. The van der Waals surface area contributed by atoms with Gasteiger partial charge in [0.05, 0.1) is 105 Å². The van der Waals surface area contributed by atoms with Gasteiger partial charge < -0.3 is 61.4 Å². The number of benzene rings is 4. The molecule has 0 unspecified atom stereocenters. The summed E-state index contributed by atoms with van der Waals surface area (Å²) in [4.78, 5) is 72.9. The number of carbonyl (C=O) groups excluding carboxylic acids is 3. The standard InChI is InChI=1S/C32H32Cl2N6O5S.C25H26Cl2N6O3.C20H18Cl2N6O.CH2O3.ClH.2Cs.H/c1-19-5-7-23(8-6-19)46(43,44)40-17-24(20-13-25(33)29(41)26(34)14-20)27-28(35-18-36-30(27)40)21-15-37-39(16-21)22-9-11-38(12-10-22)31(42)45-32(2,3)4;1-25(2,3)36-24(35)32-6-4-16(5-7-32)33-12-15(10-31-33)21-20-17(11-28-23(20)30-13-29-21)14-8-18(26)22(34)19(27)9-14;21-15-5-11(6-16(22)19(15)29)14-8-24-20-17(14)18(25-10-26-20)12-7-27-28(9-12)13-1-3-23-4-2-13;2-1-4-3;;;;/h5-8,13-18,22,41H,9-12H2,1-4H3;8-13,16,34H,4-7H2,1-3H3,(H,28,29,30);5-10,13,23,29H,1-4H2,(H,24,25,26);1,3H;1H;;;/q;;;;;2*+1;-1/p-1. The summed E-state index contributed by atoms with van der Waals surface area (Å²) in [5, 5.41) is 58.5. The third-order valence-corrected chi connectivity index (χ3v) is 22.8. The van der Waals surface area contributed by atoms with Crippen LogP contribution in [0.3, 0.4) is 0 Å². The molecule has 2 amide bonds. The first-order valence-electron chi connectivity index (χ1n) is 36.3. The number of nitrogens with one attached hydrogen (secondary N) is 3. The predicted octanol–water partition coefficient (Wildman–Crippen LogP) is 10.6. The van der Waals surface area contributed by atoms with Crippen LogP contribution in [0.4, 0.5) is 9.59 Å². The van der Waals surface area contributed by atoms with Crippen LogP contribution in [-0.2, 0) is 29.2 Å². The van der Waals surface area contributed by atoms with Gasteiger partial charge in [-0.15, -0.1) is 12.4 Å². The maximum Gasteiger partial charge on any atom is 1.00 e. The van der Waals surface area contributed by atoms with Gasteiger partial charge in [-0.25, -0.2) is 51.9 Å². The van der Waals surface area contributed by atoms with Crippen molar-refractivity contribution in [1.29, 1.82) is 0 Å². The predicted molar refractivity (Wildman–Crippen MR) is 443 cm³/mol. The van der Waals surface area contributed by atoms with Gasteiger partial charge in [0.15, 0.2) is 22.9 Å². The van der Waals surface area contributed by atoms with Gasteiger partial charge in [0, 0.05) is 96.7 Å². The molecular weight excluding hydrogens is 1930 g/mol. The number of aromatic nitrogens is 15. The summed E-state index contributed by atoms with van der Waals surface area (Å²) < 4.78 is 45.9. The molecule has 3 aliphatic rings. The molecule has 0 atom stereocenters. The number of phenolic OH excluding ortho intramolecular Hbond substituents is 3. The van der Waals surface area contributed by atoms with Crippen molar-refractivity contribution in [2.24, 2.45) is 0 Å². The number of halogens is 7. The van der Waals surface area contributed by atoms with Crippen molar-refractivity contribution in [3.8, 4) is 84.4 Å². The zero-order valence-corrected chi connectivity index (χ0v) is 84.0. The van der Waals surface area contributed by atoms with Crippen LogP contribution in [0.25, 0.3) is 100 Å². The second-order valence-electron chi connectivity index (χ2n) is 29.4. The topological polar surface area (TPSA) is 383 Å². The summed E-state index contributed by atoms with van der Waals surface area (Å²) >= 11 is 37.2. The third kappa shape index (κ3) is 21.5. The Morgan fingerprint density at radius 3 is 1.21 bits per heavy atom. The van der Waals surface area contributed by atoms with Crippen molar-refractivity contribution < 1.29 is 197 Å². The van der Waals surface area contributed by atoms with E-state index in [-0.39, 0.29) is 240 Å². The molecule has 40 heteroatoms. The molecule has 4 aromatic carbocycles. The van der Waals surface area contributed by atoms with Crippen LogP contribution >= 0.6 is 82.0 Å². The Labute approximate surface area is 833 Å². The van der Waals surface area contributed by atoms with Gasteiger partial charge in [-0.3, -0.25) is 18.8 Å². The van der Waals surface area contributed by atoms with Crippen molar-refractivity contribution in [1.82, 2.24) is 88.3 Å². The molecule has 0 saturated carbocycles. The second-order valence-corrected chi connectivity index (χ2v) is 33.7. The zero-order valence-electron chi connectivity index (χ0n) is 66.3. The van der Waals surface area contributed by atoms with E-state index < -0.39 is 21.2 Å². The molecular formula is C78H79Cl7Cs2N18O12S. The summed E-state index contributed by atoms with van der Waals surface area (Å²) in [5.41, 5.74) is 9.80. The van der Waals surface area contributed by atoms with Gasteiger partial charge in [-0.05, 0) is 165 Å². The van der Waals surface area contributed by atoms with Crippen molar-refractivity contribution in [2.45, 2.75) is 121 Å². The van der Waals surface area contributed by atoms with Gasteiger partial charge in [-0.2, -0.15) is 15.3 Å². The van der Waals surface area contributed by atoms with E-state index in [4.69, 9.17) is 89.1 Å². The van der Waals surface area contributed by atoms with Gasteiger partial charge in [0.2, 0.25) is 0 Å². The number of aryl methyl sites for hydroxylation is 1. The molecule has 16 rings (SSSR count). The Balaban J connectivity index is 0.000000200. The smallest absolute Gasteiger partial charge is 1.00 e. The molecule has 610 valence electrons. The zero-order chi connectivity index (χ0) is 81.9. The number of rotatable bonds is 12. The largest absolute Gasteiger partial charge is 1.00 e. The minimum Gasteiger partial charge on any atom is -1.00 e. The third-order valence-electron chi connectivity index (χ3n) is 19.4. The first-order valence-corrected chi connectivity index (χ1v) is 40.0. The van der Waals surface area contributed by atoms with E-state index in [1.54, 1.807) is 70.7 Å². The van der Waals surface area contributed by atoms with E-state index in [0.717, 1.165) is 98.2 Å².